The van der Waals surface area contributed by atoms with Crippen LogP contribution in [-0.2, 0) is 5.41 Å². The Morgan fingerprint density at radius 2 is 2.06 bits per heavy atom. The molecular weight excluding hydrogens is 224 g/mol. The number of hydrogen-bond acceptors (Lipinski definition) is 2. The molecule has 0 unspecified atom stereocenters. The minimum absolute atomic E-state index is 0.294. The lowest BCUT2D eigenvalue weighted by molar-refractivity contribution is -0.0796. The van der Waals surface area contributed by atoms with E-state index in [0.717, 1.165) is 35.3 Å². The van der Waals surface area contributed by atoms with Crippen LogP contribution in [0.2, 0.25) is 0 Å². The van der Waals surface area contributed by atoms with Crippen LogP contribution in [0.15, 0.2) is 30.4 Å². The van der Waals surface area contributed by atoms with Crippen molar-refractivity contribution in [2.45, 2.75) is 44.6 Å². The van der Waals surface area contributed by atoms with Crippen LogP contribution in [0.1, 0.15) is 37.8 Å². The van der Waals surface area contributed by atoms with E-state index in [1.165, 1.54) is 0 Å². The van der Waals surface area contributed by atoms with Crippen molar-refractivity contribution in [3.63, 3.8) is 0 Å². The molecular formula is C16H22O2. The molecule has 1 aromatic carbocycles. The van der Waals surface area contributed by atoms with Gasteiger partial charge in [0.2, 0.25) is 0 Å². The van der Waals surface area contributed by atoms with Gasteiger partial charge in [-0.1, -0.05) is 25.6 Å². The first-order valence-electron chi connectivity index (χ1n) is 6.38. The van der Waals surface area contributed by atoms with Crippen molar-refractivity contribution < 1.29 is 9.84 Å². The lowest BCUT2D eigenvalue weighted by Crippen LogP contribution is -2.59. The Morgan fingerprint density at radius 1 is 1.39 bits per heavy atom. The number of methoxy groups -OCH3 is 1. The molecule has 0 aromatic heterocycles. The molecule has 0 bridgehead atoms. The standard InChI is InChI=1S/C16H22O2/c1-11(2)16(17)9-8-15(16,4)13-7-6-12(3)10-14(13)18-5/h6-7,10,17H,1,8-9H2,2-5H3/t15-,16+/m1/s1. The Bertz CT molecular complexity index is 492. The van der Waals surface area contributed by atoms with Crippen molar-refractivity contribution in [2.75, 3.05) is 7.11 Å². The topological polar surface area (TPSA) is 29.5 Å². The summed E-state index contributed by atoms with van der Waals surface area (Å²) in [5, 5.41) is 10.8. The van der Waals surface area contributed by atoms with E-state index in [2.05, 4.69) is 25.6 Å². The first-order chi connectivity index (χ1) is 8.35. The fourth-order valence-corrected chi connectivity index (χ4v) is 3.03. The quantitative estimate of drug-likeness (QED) is 0.829. The van der Waals surface area contributed by atoms with E-state index < -0.39 is 5.60 Å². The Kier molecular flexibility index (Phi) is 3.02. The molecule has 0 amide bonds. The van der Waals surface area contributed by atoms with Gasteiger partial charge in [0.05, 0.1) is 12.7 Å². The Labute approximate surface area is 109 Å². The second kappa shape index (κ2) is 4.13. The molecule has 0 spiro atoms. The Hall–Kier alpha value is -1.28. The van der Waals surface area contributed by atoms with Crippen LogP contribution in [0.3, 0.4) is 0 Å². The van der Waals surface area contributed by atoms with Gasteiger partial charge in [-0.15, -0.1) is 0 Å². The summed E-state index contributed by atoms with van der Waals surface area (Å²) in [6.07, 6.45) is 1.73. The lowest BCUT2D eigenvalue weighted by atomic mass is 9.52. The molecule has 0 radical (unpaired) electrons. The molecule has 1 saturated carbocycles. The lowest BCUT2D eigenvalue weighted by Gasteiger charge is -2.55. The molecule has 0 heterocycles. The van der Waals surface area contributed by atoms with Gasteiger partial charge >= 0.3 is 0 Å². The van der Waals surface area contributed by atoms with E-state index in [1.807, 2.05) is 19.9 Å². The van der Waals surface area contributed by atoms with E-state index in [0.29, 0.717) is 0 Å². The molecule has 2 nitrogen and oxygen atoms in total. The smallest absolute Gasteiger partial charge is 0.122 e. The third-order valence-corrected chi connectivity index (χ3v) is 4.56. The van der Waals surface area contributed by atoms with Crippen molar-refractivity contribution in [1.29, 1.82) is 0 Å². The van der Waals surface area contributed by atoms with Gasteiger partial charge in [-0.2, -0.15) is 0 Å². The number of aryl methyl sites for hydroxylation is 1. The molecule has 1 aliphatic rings. The maximum atomic E-state index is 10.8. The van der Waals surface area contributed by atoms with E-state index in [9.17, 15) is 5.11 Å². The predicted octanol–water partition coefficient (Wildman–Crippen LogP) is 3.36. The molecule has 1 aliphatic carbocycles. The van der Waals surface area contributed by atoms with Crippen LogP contribution >= 0.6 is 0 Å². The van der Waals surface area contributed by atoms with Gasteiger partial charge in [-0.3, -0.25) is 0 Å². The molecule has 0 aliphatic heterocycles. The molecule has 2 atom stereocenters. The average Bonchev–Trinajstić information content (AvgIpc) is 2.35. The largest absolute Gasteiger partial charge is 0.496 e. The first kappa shape index (κ1) is 13.2. The fraction of sp³-hybridized carbons (Fsp3) is 0.500. The zero-order valence-electron chi connectivity index (χ0n) is 11.7. The number of rotatable bonds is 3. The van der Waals surface area contributed by atoms with Crippen LogP contribution in [0, 0.1) is 6.92 Å². The average molecular weight is 246 g/mol. The third-order valence-electron chi connectivity index (χ3n) is 4.56. The maximum absolute atomic E-state index is 10.8. The van der Waals surface area contributed by atoms with E-state index in [-0.39, 0.29) is 5.41 Å². The van der Waals surface area contributed by atoms with Crippen molar-refractivity contribution in [3.05, 3.63) is 41.5 Å². The molecule has 18 heavy (non-hydrogen) atoms. The second-order valence-corrected chi connectivity index (χ2v) is 5.68. The van der Waals surface area contributed by atoms with Gasteiger partial charge < -0.3 is 9.84 Å². The van der Waals surface area contributed by atoms with E-state index >= 15 is 0 Å². The third kappa shape index (κ3) is 1.59. The highest BCUT2D eigenvalue weighted by Gasteiger charge is 2.57. The maximum Gasteiger partial charge on any atom is 0.122 e. The molecule has 1 N–H and O–H groups in total. The minimum atomic E-state index is -0.810. The van der Waals surface area contributed by atoms with Crippen molar-refractivity contribution in [1.82, 2.24) is 0 Å². The SMILES string of the molecule is C=C(C)[C@@]1(O)CC[C@]1(C)c1ccc(C)cc1OC. The highest BCUT2D eigenvalue weighted by atomic mass is 16.5. The Balaban J connectivity index is 2.52. The summed E-state index contributed by atoms with van der Waals surface area (Å²) in [7, 11) is 1.68. The van der Waals surface area contributed by atoms with Crippen LogP contribution in [0.5, 0.6) is 5.75 Å². The van der Waals surface area contributed by atoms with Crippen molar-refractivity contribution in [2.24, 2.45) is 0 Å². The monoisotopic (exact) mass is 246 g/mol. The minimum Gasteiger partial charge on any atom is -0.496 e. The van der Waals surface area contributed by atoms with Gasteiger partial charge in [-0.25, -0.2) is 0 Å². The number of aliphatic hydroxyl groups is 1. The van der Waals surface area contributed by atoms with E-state index in [4.69, 9.17) is 4.74 Å². The number of hydrogen-bond donors (Lipinski definition) is 1. The zero-order chi connectivity index (χ0) is 13.6. The summed E-state index contributed by atoms with van der Waals surface area (Å²) < 4.78 is 5.48. The normalized spacial score (nSPS) is 30.7. The highest BCUT2D eigenvalue weighted by Crippen LogP contribution is 2.56. The molecule has 98 valence electrons. The van der Waals surface area contributed by atoms with Crippen molar-refractivity contribution >= 4 is 0 Å². The molecule has 0 saturated heterocycles. The van der Waals surface area contributed by atoms with Gasteiger partial charge in [0.1, 0.15) is 5.75 Å². The van der Waals surface area contributed by atoms with E-state index in [1.54, 1.807) is 7.11 Å². The predicted molar refractivity (Wildman–Crippen MR) is 74.1 cm³/mol. The van der Waals surface area contributed by atoms with Gasteiger partial charge in [-0.05, 0) is 43.9 Å². The summed E-state index contributed by atoms with van der Waals surface area (Å²) in [6, 6.07) is 6.17. The summed E-state index contributed by atoms with van der Waals surface area (Å²) >= 11 is 0. The number of ether oxygens (including phenoxy) is 1. The van der Waals surface area contributed by atoms with Crippen LogP contribution < -0.4 is 4.74 Å². The van der Waals surface area contributed by atoms with Gasteiger partial charge in [0.15, 0.2) is 0 Å². The van der Waals surface area contributed by atoms with Crippen LogP contribution in [-0.4, -0.2) is 17.8 Å². The van der Waals surface area contributed by atoms with Crippen LogP contribution in [0.4, 0.5) is 0 Å². The summed E-state index contributed by atoms with van der Waals surface area (Å²) in [4.78, 5) is 0. The van der Waals surface area contributed by atoms with Crippen molar-refractivity contribution in [3.8, 4) is 5.75 Å². The molecule has 1 fully saturated rings. The highest BCUT2D eigenvalue weighted by molar-refractivity contribution is 5.48. The summed E-state index contributed by atoms with van der Waals surface area (Å²) in [6.45, 7) is 9.99. The second-order valence-electron chi connectivity index (χ2n) is 5.68. The molecule has 1 aromatic rings. The Morgan fingerprint density at radius 3 is 2.50 bits per heavy atom. The van der Waals surface area contributed by atoms with Gasteiger partial charge in [0.25, 0.3) is 0 Å². The van der Waals surface area contributed by atoms with Gasteiger partial charge in [0, 0.05) is 11.0 Å². The molecule has 2 heteroatoms. The number of benzene rings is 1. The summed E-state index contributed by atoms with van der Waals surface area (Å²) in [5.41, 5.74) is 1.97. The molecule has 2 rings (SSSR count). The van der Waals surface area contributed by atoms with Crippen LogP contribution in [0.25, 0.3) is 0 Å². The fourth-order valence-electron chi connectivity index (χ4n) is 3.03. The zero-order valence-corrected chi connectivity index (χ0v) is 11.7. The first-order valence-corrected chi connectivity index (χ1v) is 6.38. The summed E-state index contributed by atoms with van der Waals surface area (Å²) in [5.74, 6) is 0.858.